The number of ether oxygens (including phenoxy) is 1. The van der Waals surface area contributed by atoms with Crippen molar-refractivity contribution >= 4 is 10.0 Å². The molecule has 0 atom stereocenters. The zero-order valence-electron chi connectivity index (χ0n) is 12.4. The molecule has 20 heavy (non-hydrogen) atoms. The van der Waals surface area contributed by atoms with Crippen LogP contribution in [-0.2, 0) is 27.7 Å². The Morgan fingerprint density at radius 1 is 1.25 bits per heavy atom. The van der Waals surface area contributed by atoms with E-state index in [1.165, 1.54) is 0 Å². The van der Waals surface area contributed by atoms with E-state index in [-0.39, 0.29) is 6.54 Å². The van der Waals surface area contributed by atoms with Gasteiger partial charge >= 0.3 is 0 Å². The third-order valence-electron chi connectivity index (χ3n) is 2.93. The van der Waals surface area contributed by atoms with E-state index < -0.39 is 10.0 Å². The molecule has 0 fully saturated rings. The summed E-state index contributed by atoms with van der Waals surface area (Å²) in [6, 6.07) is 5.57. The monoisotopic (exact) mass is 300 g/mol. The van der Waals surface area contributed by atoms with Gasteiger partial charge in [0, 0.05) is 19.7 Å². The van der Waals surface area contributed by atoms with Crippen LogP contribution >= 0.6 is 0 Å². The van der Waals surface area contributed by atoms with E-state index >= 15 is 0 Å². The average Bonchev–Trinajstić information content (AvgIpc) is 2.44. The number of rotatable bonds is 9. The molecule has 0 aliphatic carbocycles. The maximum Gasteiger partial charge on any atom is 0.240 e. The van der Waals surface area contributed by atoms with Gasteiger partial charge in [0.1, 0.15) is 0 Å². The highest BCUT2D eigenvalue weighted by molar-refractivity contribution is 7.89. The summed E-state index contributed by atoms with van der Waals surface area (Å²) in [4.78, 5) is 0.365. The van der Waals surface area contributed by atoms with Crippen LogP contribution in [0.15, 0.2) is 23.1 Å². The van der Waals surface area contributed by atoms with Gasteiger partial charge in [-0.1, -0.05) is 19.1 Å². The van der Waals surface area contributed by atoms with Crippen LogP contribution in [0.2, 0.25) is 0 Å². The Kier molecular flexibility index (Phi) is 7.15. The number of hydrogen-bond acceptors (Lipinski definition) is 4. The van der Waals surface area contributed by atoms with Crippen LogP contribution in [0.25, 0.3) is 0 Å². The lowest BCUT2D eigenvalue weighted by molar-refractivity contribution is 0.153. The fraction of sp³-hybridized carbons (Fsp3) is 0.571. The Morgan fingerprint density at radius 3 is 2.60 bits per heavy atom. The highest BCUT2D eigenvalue weighted by Gasteiger charge is 2.17. The van der Waals surface area contributed by atoms with Gasteiger partial charge in [0.15, 0.2) is 0 Å². The first-order valence-electron chi connectivity index (χ1n) is 6.89. The first kappa shape index (κ1) is 17.1. The average molecular weight is 300 g/mol. The molecule has 0 aliphatic rings. The number of sulfonamides is 1. The second kappa shape index (κ2) is 8.36. The van der Waals surface area contributed by atoms with Gasteiger partial charge in [-0.2, -0.15) is 0 Å². The van der Waals surface area contributed by atoms with Crippen LogP contribution in [0.3, 0.4) is 0 Å². The molecule has 0 saturated carbocycles. The predicted octanol–water partition coefficient (Wildman–Crippen LogP) is 1.28. The predicted molar refractivity (Wildman–Crippen MR) is 80.3 cm³/mol. The summed E-state index contributed by atoms with van der Waals surface area (Å²) in [6.07, 6.45) is 0.682. The Hall–Kier alpha value is -0.950. The van der Waals surface area contributed by atoms with Crippen molar-refractivity contribution in [1.82, 2.24) is 10.0 Å². The SMILES string of the molecule is CCOCCNS(=O)(=O)c1cc(CNC)ccc1CC. The molecule has 0 unspecified atom stereocenters. The summed E-state index contributed by atoms with van der Waals surface area (Å²) < 4.78 is 32.4. The normalized spacial score (nSPS) is 11.8. The third-order valence-corrected chi connectivity index (χ3v) is 4.47. The lowest BCUT2D eigenvalue weighted by Gasteiger charge is -2.12. The zero-order valence-corrected chi connectivity index (χ0v) is 13.2. The molecule has 2 N–H and O–H groups in total. The van der Waals surface area contributed by atoms with Crippen LogP contribution in [0.5, 0.6) is 0 Å². The molecule has 6 heteroatoms. The summed E-state index contributed by atoms with van der Waals surface area (Å²) in [5, 5.41) is 3.02. The Bertz CT molecular complexity index is 515. The largest absolute Gasteiger partial charge is 0.380 e. The maximum absolute atomic E-state index is 12.3. The van der Waals surface area contributed by atoms with Crippen molar-refractivity contribution in [1.29, 1.82) is 0 Å². The van der Waals surface area contributed by atoms with Gasteiger partial charge in [-0.25, -0.2) is 13.1 Å². The van der Waals surface area contributed by atoms with Gasteiger partial charge in [-0.3, -0.25) is 0 Å². The first-order chi connectivity index (χ1) is 9.55. The van der Waals surface area contributed by atoms with Crippen molar-refractivity contribution in [3.05, 3.63) is 29.3 Å². The van der Waals surface area contributed by atoms with Crippen LogP contribution in [-0.4, -0.2) is 35.2 Å². The topological polar surface area (TPSA) is 67.4 Å². The fourth-order valence-electron chi connectivity index (χ4n) is 1.93. The van der Waals surface area contributed by atoms with E-state index in [2.05, 4.69) is 10.0 Å². The zero-order chi connectivity index (χ0) is 15.0. The summed E-state index contributed by atoms with van der Waals surface area (Å²) >= 11 is 0. The molecule has 0 amide bonds. The number of benzene rings is 1. The van der Waals surface area contributed by atoms with Gasteiger partial charge < -0.3 is 10.1 Å². The Balaban J connectivity index is 2.93. The van der Waals surface area contributed by atoms with E-state index in [1.54, 1.807) is 6.07 Å². The summed E-state index contributed by atoms with van der Waals surface area (Å²) in [5.41, 5.74) is 1.78. The number of hydrogen-bond donors (Lipinski definition) is 2. The summed E-state index contributed by atoms with van der Waals surface area (Å²) in [5.74, 6) is 0. The molecule has 1 rings (SSSR count). The van der Waals surface area contributed by atoms with Crippen LogP contribution in [0, 0.1) is 0 Å². The maximum atomic E-state index is 12.3. The molecule has 0 aromatic heterocycles. The Labute approximate surface area is 121 Å². The van der Waals surface area contributed by atoms with Crippen LogP contribution in [0.4, 0.5) is 0 Å². The highest BCUT2D eigenvalue weighted by Crippen LogP contribution is 2.18. The molecule has 1 aromatic carbocycles. The van der Waals surface area contributed by atoms with Crippen LogP contribution in [0.1, 0.15) is 25.0 Å². The van der Waals surface area contributed by atoms with E-state index in [9.17, 15) is 8.42 Å². The Morgan fingerprint density at radius 2 is 2.00 bits per heavy atom. The lowest BCUT2D eigenvalue weighted by atomic mass is 10.1. The van der Waals surface area contributed by atoms with E-state index in [0.717, 1.165) is 11.1 Å². The number of nitrogens with one attached hydrogen (secondary N) is 2. The molecule has 1 aromatic rings. The smallest absolute Gasteiger partial charge is 0.240 e. The van der Waals surface area contributed by atoms with Crippen molar-refractivity contribution in [2.75, 3.05) is 26.8 Å². The second-order valence-corrected chi connectivity index (χ2v) is 6.16. The van der Waals surface area contributed by atoms with Gasteiger partial charge in [-0.15, -0.1) is 0 Å². The molecule has 0 bridgehead atoms. The lowest BCUT2D eigenvalue weighted by Crippen LogP contribution is -2.28. The molecular formula is C14H24N2O3S. The van der Waals surface area contributed by atoms with Crippen molar-refractivity contribution in [3.63, 3.8) is 0 Å². The van der Waals surface area contributed by atoms with Crippen molar-refractivity contribution in [2.24, 2.45) is 0 Å². The van der Waals surface area contributed by atoms with Crippen molar-refractivity contribution in [3.8, 4) is 0 Å². The van der Waals surface area contributed by atoms with Crippen molar-refractivity contribution < 1.29 is 13.2 Å². The molecule has 5 nitrogen and oxygen atoms in total. The standard InChI is InChI=1S/C14H24N2O3S/c1-4-13-7-6-12(11-15-3)10-14(13)20(17,18)16-8-9-19-5-2/h6-7,10,15-16H,4-5,8-9,11H2,1-3H3. The molecule has 0 saturated heterocycles. The number of aryl methyl sites for hydroxylation is 1. The minimum atomic E-state index is -3.48. The fourth-order valence-corrected chi connectivity index (χ4v) is 3.30. The molecule has 0 spiro atoms. The van der Waals surface area contributed by atoms with Gasteiger partial charge in [0.05, 0.1) is 11.5 Å². The van der Waals surface area contributed by atoms with Gasteiger partial charge in [-0.05, 0) is 37.6 Å². The van der Waals surface area contributed by atoms with Crippen LogP contribution < -0.4 is 10.0 Å². The minimum absolute atomic E-state index is 0.287. The molecular weight excluding hydrogens is 276 g/mol. The van der Waals surface area contributed by atoms with E-state index in [1.807, 2.05) is 33.0 Å². The third kappa shape index (κ3) is 4.86. The minimum Gasteiger partial charge on any atom is -0.380 e. The van der Waals surface area contributed by atoms with Gasteiger partial charge in [0.25, 0.3) is 0 Å². The quantitative estimate of drug-likeness (QED) is 0.674. The van der Waals surface area contributed by atoms with E-state index in [4.69, 9.17) is 4.74 Å². The molecule has 0 heterocycles. The molecule has 0 aliphatic heterocycles. The molecule has 0 radical (unpaired) electrons. The molecule has 114 valence electrons. The highest BCUT2D eigenvalue weighted by atomic mass is 32.2. The summed E-state index contributed by atoms with van der Waals surface area (Å²) in [6.45, 7) is 5.73. The summed E-state index contributed by atoms with van der Waals surface area (Å²) in [7, 11) is -1.65. The van der Waals surface area contributed by atoms with E-state index in [0.29, 0.717) is 31.1 Å². The second-order valence-electron chi connectivity index (χ2n) is 4.42. The van der Waals surface area contributed by atoms with Gasteiger partial charge in [0.2, 0.25) is 10.0 Å². The first-order valence-corrected chi connectivity index (χ1v) is 8.37. The van der Waals surface area contributed by atoms with Crippen molar-refractivity contribution in [2.45, 2.75) is 31.7 Å².